The monoisotopic (exact) mass is 261 g/mol. The molecule has 2 heterocycles. The average Bonchev–Trinajstić information content (AvgIpc) is 2.91. The normalized spacial score (nSPS) is 26.3. The van der Waals surface area contributed by atoms with Crippen molar-refractivity contribution in [1.29, 1.82) is 0 Å². The summed E-state index contributed by atoms with van der Waals surface area (Å²) in [6.07, 6.45) is -0.408. The Bertz CT molecular complexity index is 503. The Labute approximate surface area is 111 Å². The topological polar surface area (TPSA) is 63.2 Å². The first-order chi connectivity index (χ1) is 9.29. The van der Waals surface area contributed by atoms with E-state index in [1.807, 2.05) is 35.3 Å². The van der Waals surface area contributed by atoms with Gasteiger partial charge in [-0.2, -0.15) is 5.01 Å². The predicted molar refractivity (Wildman–Crippen MR) is 68.2 cm³/mol. The Morgan fingerprint density at radius 2 is 2.26 bits per heavy atom. The first-order valence-corrected chi connectivity index (χ1v) is 6.15. The molecule has 1 saturated heterocycles. The lowest BCUT2D eigenvalue weighted by Crippen LogP contribution is -2.50. The lowest BCUT2D eigenvalue weighted by molar-refractivity contribution is -0.133. The number of esters is 1. The van der Waals surface area contributed by atoms with Gasteiger partial charge >= 0.3 is 5.97 Å². The van der Waals surface area contributed by atoms with Crippen LogP contribution in [-0.4, -0.2) is 43.2 Å². The molecule has 0 saturated carbocycles. The van der Waals surface area contributed by atoms with Gasteiger partial charge in [-0.25, -0.2) is 9.79 Å². The summed E-state index contributed by atoms with van der Waals surface area (Å²) in [4.78, 5) is 15.9. The molecule has 2 unspecified atom stereocenters. The van der Waals surface area contributed by atoms with E-state index in [2.05, 4.69) is 15.2 Å². The number of morpholine rings is 1. The summed E-state index contributed by atoms with van der Waals surface area (Å²) in [6.45, 7) is 1.27. The van der Waals surface area contributed by atoms with Gasteiger partial charge in [-0.3, -0.25) is 5.43 Å². The standard InChI is InChI=1S/C13H15N3O3/c1-18-13(17)11-14-12-10(9-5-3-2-4-6-9)19-8-7-16(12)15-11/h2-6,10,12H,7-8H2,1H3,(H,14,15). The highest BCUT2D eigenvalue weighted by atomic mass is 16.5. The van der Waals surface area contributed by atoms with Crippen LogP contribution in [0.4, 0.5) is 0 Å². The summed E-state index contributed by atoms with van der Waals surface area (Å²) < 4.78 is 10.5. The number of nitrogens with one attached hydrogen (secondary N) is 1. The third kappa shape index (κ3) is 2.20. The van der Waals surface area contributed by atoms with Crippen LogP contribution in [0.5, 0.6) is 0 Å². The van der Waals surface area contributed by atoms with Gasteiger partial charge in [0, 0.05) is 6.54 Å². The number of methoxy groups -OCH3 is 1. The third-order valence-corrected chi connectivity index (χ3v) is 3.24. The molecule has 0 aliphatic carbocycles. The minimum Gasteiger partial charge on any atom is -0.463 e. The number of carbonyl (C=O) groups excluding carboxylic acids is 1. The molecule has 3 rings (SSSR count). The number of rotatable bonds is 2. The Morgan fingerprint density at radius 3 is 3.00 bits per heavy atom. The fourth-order valence-corrected chi connectivity index (χ4v) is 2.32. The lowest BCUT2D eigenvalue weighted by atomic mass is 10.1. The lowest BCUT2D eigenvalue weighted by Gasteiger charge is -2.34. The maximum absolute atomic E-state index is 11.5. The first-order valence-electron chi connectivity index (χ1n) is 6.15. The van der Waals surface area contributed by atoms with Crippen LogP contribution < -0.4 is 5.43 Å². The number of hydrogen-bond acceptors (Lipinski definition) is 6. The molecule has 6 nitrogen and oxygen atoms in total. The molecule has 1 aromatic carbocycles. The minimum atomic E-state index is -0.457. The predicted octanol–water partition coefficient (Wildman–Crippen LogP) is 0.476. The van der Waals surface area contributed by atoms with Crippen LogP contribution in [0.1, 0.15) is 11.7 Å². The van der Waals surface area contributed by atoms with Gasteiger partial charge in [0.2, 0.25) is 5.84 Å². The van der Waals surface area contributed by atoms with E-state index in [1.165, 1.54) is 7.11 Å². The number of hydrazine groups is 1. The van der Waals surface area contributed by atoms with Crippen LogP contribution in [0.25, 0.3) is 0 Å². The first kappa shape index (κ1) is 12.1. The summed E-state index contributed by atoms with van der Waals surface area (Å²) in [5, 5.41) is 1.91. The third-order valence-electron chi connectivity index (χ3n) is 3.24. The summed E-state index contributed by atoms with van der Waals surface area (Å²) in [6, 6.07) is 9.88. The number of benzene rings is 1. The van der Waals surface area contributed by atoms with Crippen LogP contribution in [0.2, 0.25) is 0 Å². The largest absolute Gasteiger partial charge is 0.463 e. The zero-order chi connectivity index (χ0) is 13.2. The number of fused-ring (bicyclic) bond motifs is 1. The Hall–Kier alpha value is -1.92. The molecule has 2 atom stereocenters. The number of amidine groups is 1. The van der Waals surface area contributed by atoms with Crippen LogP contribution in [-0.2, 0) is 14.3 Å². The van der Waals surface area contributed by atoms with Crippen molar-refractivity contribution in [1.82, 2.24) is 10.4 Å². The minimum absolute atomic E-state index is 0.176. The van der Waals surface area contributed by atoms with E-state index in [0.717, 1.165) is 5.56 Å². The fourth-order valence-electron chi connectivity index (χ4n) is 2.32. The second-order valence-corrected chi connectivity index (χ2v) is 4.39. The van der Waals surface area contributed by atoms with Crippen molar-refractivity contribution in [3.8, 4) is 0 Å². The van der Waals surface area contributed by atoms with Crippen molar-refractivity contribution >= 4 is 11.8 Å². The molecule has 0 radical (unpaired) electrons. The van der Waals surface area contributed by atoms with E-state index in [4.69, 9.17) is 4.74 Å². The fraction of sp³-hybridized carbons (Fsp3) is 0.385. The quantitative estimate of drug-likeness (QED) is 0.784. The van der Waals surface area contributed by atoms with Crippen LogP contribution in [0.15, 0.2) is 35.3 Å². The van der Waals surface area contributed by atoms with Crippen LogP contribution >= 0.6 is 0 Å². The molecule has 6 heteroatoms. The number of ether oxygens (including phenoxy) is 2. The molecule has 0 amide bonds. The van der Waals surface area contributed by atoms with Gasteiger partial charge in [-0.1, -0.05) is 30.3 Å². The molecule has 1 N–H and O–H groups in total. The molecule has 0 aromatic heterocycles. The smallest absolute Gasteiger partial charge is 0.374 e. The van der Waals surface area contributed by atoms with E-state index in [0.29, 0.717) is 13.2 Å². The Balaban J connectivity index is 1.87. The van der Waals surface area contributed by atoms with E-state index >= 15 is 0 Å². The molecular weight excluding hydrogens is 246 g/mol. The van der Waals surface area contributed by atoms with E-state index in [9.17, 15) is 4.79 Å². The van der Waals surface area contributed by atoms with Gasteiger partial charge in [-0.05, 0) is 5.56 Å². The van der Waals surface area contributed by atoms with E-state index in [-0.39, 0.29) is 18.1 Å². The summed E-state index contributed by atoms with van der Waals surface area (Å²) in [5.74, 6) is -0.222. The maximum Gasteiger partial charge on any atom is 0.374 e. The molecule has 2 aliphatic heterocycles. The zero-order valence-electron chi connectivity index (χ0n) is 10.6. The second kappa shape index (κ2) is 4.99. The summed E-state index contributed by atoms with van der Waals surface area (Å²) in [7, 11) is 1.34. The highest BCUT2D eigenvalue weighted by Crippen LogP contribution is 2.30. The molecule has 1 aromatic rings. The van der Waals surface area contributed by atoms with Crippen molar-refractivity contribution < 1.29 is 14.3 Å². The maximum atomic E-state index is 11.5. The Kier molecular flexibility index (Phi) is 3.18. The summed E-state index contributed by atoms with van der Waals surface area (Å²) in [5.41, 5.74) is 4.02. The SMILES string of the molecule is COC(=O)C1=NC2C(c3ccccc3)OCCN2N1. The van der Waals surface area contributed by atoms with Crippen LogP contribution in [0, 0.1) is 0 Å². The number of carbonyl (C=O) groups is 1. The van der Waals surface area contributed by atoms with Gasteiger partial charge in [-0.15, -0.1) is 0 Å². The molecule has 2 aliphatic rings. The average molecular weight is 261 g/mol. The second-order valence-electron chi connectivity index (χ2n) is 4.39. The van der Waals surface area contributed by atoms with Gasteiger partial charge < -0.3 is 9.47 Å². The van der Waals surface area contributed by atoms with Crippen molar-refractivity contribution in [2.75, 3.05) is 20.3 Å². The Morgan fingerprint density at radius 1 is 1.47 bits per heavy atom. The number of hydrogen-bond donors (Lipinski definition) is 1. The van der Waals surface area contributed by atoms with Crippen LogP contribution in [0.3, 0.4) is 0 Å². The van der Waals surface area contributed by atoms with Gasteiger partial charge in [0.1, 0.15) is 6.10 Å². The van der Waals surface area contributed by atoms with Crippen molar-refractivity contribution in [3.63, 3.8) is 0 Å². The van der Waals surface area contributed by atoms with Gasteiger partial charge in [0.15, 0.2) is 6.17 Å². The molecule has 100 valence electrons. The van der Waals surface area contributed by atoms with Crippen molar-refractivity contribution in [2.24, 2.45) is 4.99 Å². The summed E-state index contributed by atoms with van der Waals surface area (Å²) >= 11 is 0. The number of aliphatic imine (C=N–C) groups is 1. The van der Waals surface area contributed by atoms with Crippen molar-refractivity contribution in [3.05, 3.63) is 35.9 Å². The molecule has 0 spiro atoms. The molecule has 1 fully saturated rings. The zero-order valence-corrected chi connectivity index (χ0v) is 10.6. The van der Waals surface area contributed by atoms with Gasteiger partial charge in [0.05, 0.1) is 13.7 Å². The molecular formula is C13H15N3O3. The highest BCUT2D eigenvalue weighted by molar-refractivity contribution is 6.35. The molecule has 0 bridgehead atoms. The number of nitrogens with zero attached hydrogens (tertiary/aromatic N) is 2. The van der Waals surface area contributed by atoms with Crippen molar-refractivity contribution in [2.45, 2.75) is 12.3 Å². The van der Waals surface area contributed by atoms with E-state index < -0.39 is 5.97 Å². The van der Waals surface area contributed by atoms with Gasteiger partial charge in [0.25, 0.3) is 0 Å². The van der Waals surface area contributed by atoms with E-state index in [1.54, 1.807) is 0 Å². The highest BCUT2D eigenvalue weighted by Gasteiger charge is 2.39. The molecule has 19 heavy (non-hydrogen) atoms.